The largest absolute Gasteiger partial charge is 0.493 e. The van der Waals surface area contributed by atoms with Crippen molar-refractivity contribution in [1.29, 1.82) is 0 Å². The van der Waals surface area contributed by atoms with E-state index in [0.29, 0.717) is 18.0 Å². The summed E-state index contributed by atoms with van der Waals surface area (Å²) >= 11 is 0. The average molecular weight is 412 g/mol. The topological polar surface area (TPSA) is 77.1 Å². The van der Waals surface area contributed by atoms with Gasteiger partial charge in [-0.2, -0.15) is 0 Å². The van der Waals surface area contributed by atoms with Gasteiger partial charge in [0, 0.05) is 18.3 Å². The Morgan fingerprint density at radius 2 is 1.83 bits per heavy atom. The van der Waals surface area contributed by atoms with Crippen LogP contribution in [-0.2, 0) is 20.7 Å². The van der Waals surface area contributed by atoms with E-state index in [0.717, 1.165) is 28.8 Å². The van der Waals surface area contributed by atoms with Gasteiger partial charge >= 0.3 is 5.97 Å². The fraction of sp³-hybridized carbons (Fsp3) is 0.391. The van der Waals surface area contributed by atoms with Crippen molar-refractivity contribution in [2.75, 3.05) is 39.7 Å². The van der Waals surface area contributed by atoms with Crippen molar-refractivity contribution < 1.29 is 23.8 Å². The first kappa shape index (κ1) is 21.6. The van der Waals surface area contributed by atoms with Crippen molar-refractivity contribution in [2.24, 2.45) is 0 Å². The van der Waals surface area contributed by atoms with Crippen molar-refractivity contribution in [3.05, 3.63) is 53.1 Å². The zero-order valence-corrected chi connectivity index (χ0v) is 17.9. The van der Waals surface area contributed by atoms with E-state index < -0.39 is 0 Å². The van der Waals surface area contributed by atoms with E-state index in [1.807, 2.05) is 48.2 Å². The summed E-state index contributed by atoms with van der Waals surface area (Å²) in [6.45, 7) is 2.79. The Kier molecular flexibility index (Phi) is 6.95. The number of nitrogens with zero attached hydrogens (tertiary/aromatic N) is 1. The minimum Gasteiger partial charge on any atom is -0.493 e. The lowest BCUT2D eigenvalue weighted by atomic mass is 9.90. The molecular weight excluding hydrogens is 384 g/mol. The molecule has 1 atom stereocenters. The summed E-state index contributed by atoms with van der Waals surface area (Å²) in [5.74, 6) is 0.794. The van der Waals surface area contributed by atoms with Crippen molar-refractivity contribution in [3.63, 3.8) is 0 Å². The molecule has 0 fully saturated rings. The number of anilines is 1. The standard InChI is InChI=1S/C23H28N2O5/c1-15-6-5-7-17(10-15)24-22(26)14-25-9-8-16-11-20(28-2)21(29-3)12-18(16)19(25)13-23(27)30-4/h5-7,10-12,19H,8-9,13-14H2,1-4H3,(H,24,26)/t19-/m0/s1. The van der Waals surface area contributed by atoms with Gasteiger partial charge in [0.05, 0.1) is 34.3 Å². The molecule has 7 nitrogen and oxygen atoms in total. The molecule has 30 heavy (non-hydrogen) atoms. The molecule has 3 rings (SSSR count). The smallest absolute Gasteiger partial charge is 0.307 e. The average Bonchev–Trinajstić information content (AvgIpc) is 2.74. The Morgan fingerprint density at radius 1 is 1.10 bits per heavy atom. The van der Waals surface area contributed by atoms with Crippen LogP contribution in [0.3, 0.4) is 0 Å². The molecule has 1 amide bonds. The highest BCUT2D eigenvalue weighted by Gasteiger charge is 2.32. The highest BCUT2D eigenvalue weighted by molar-refractivity contribution is 5.92. The van der Waals surface area contributed by atoms with Gasteiger partial charge in [0.1, 0.15) is 0 Å². The molecule has 0 aromatic heterocycles. The molecule has 160 valence electrons. The van der Waals surface area contributed by atoms with Gasteiger partial charge in [-0.15, -0.1) is 0 Å². The third kappa shape index (κ3) is 4.91. The van der Waals surface area contributed by atoms with Crippen LogP contribution in [-0.4, -0.2) is 51.2 Å². The summed E-state index contributed by atoms with van der Waals surface area (Å²) in [4.78, 5) is 26.8. The van der Waals surface area contributed by atoms with E-state index in [1.165, 1.54) is 7.11 Å². The number of aryl methyl sites for hydroxylation is 1. The van der Waals surface area contributed by atoms with Crippen LogP contribution >= 0.6 is 0 Å². The third-order valence-electron chi connectivity index (χ3n) is 5.35. The fourth-order valence-corrected chi connectivity index (χ4v) is 3.86. The predicted octanol–water partition coefficient (Wildman–Crippen LogP) is 3.11. The molecule has 0 unspecified atom stereocenters. The number of ether oxygens (including phenoxy) is 3. The van der Waals surface area contributed by atoms with Gasteiger partial charge in [0.15, 0.2) is 11.5 Å². The molecule has 2 aromatic rings. The minimum absolute atomic E-state index is 0.126. The molecular formula is C23H28N2O5. The number of carbonyl (C=O) groups excluding carboxylic acids is 2. The summed E-state index contributed by atoms with van der Waals surface area (Å²) in [5.41, 5.74) is 3.86. The zero-order valence-electron chi connectivity index (χ0n) is 17.9. The Bertz CT molecular complexity index is 928. The van der Waals surface area contributed by atoms with Gasteiger partial charge in [0.2, 0.25) is 5.91 Å². The van der Waals surface area contributed by atoms with E-state index in [4.69, 9.17) is 14.2 Å². The highest BCUT2D eigenvalue weighted by atomic mass is 16.5. The van der Waals surface area contributed by atoms with Crippen LogP contribution < -0.4 is 14.8 Å². The first-order valence-corrected chi connectivity index (χ1v) is 9.87. The van der Waals surface area contributed by atoms with Crippen LogP contribution in [0.1, 0.15) is 29.2 Å². The lowest BCUT2D eigenvalue weighted by Gasteiger charge is -2.36. The number of fused-ring (bicyclic) bond motifs is 1. The van der Waals surface area contributed by atoms with E-state index in [2.05, 4.69) is 5.32 Å². The molecule has 1 heterocycles. The van der Waals surface area contributed by atoms with Gasteiger partial charge in [-0.3, -0.25) is 14.5 Å². The quantitative estimate of drug-likeness (QED) is 0.704. The number of nitrogens with one attached hydrogen (secondary N) is 1. The number of rotatable bonds is 7. The normalized spacial score (nSPS) is 15.8. The van der Waals surface area contributed by atoms with Gasteiger partial charge in [-0.25, -0.2) is 0 Å². The molecule has 2 aromatic carbocycles. The molecule has 1 aliphatic rings. The maximum absolute atomic E-state index is 12.7. The van der Waals surface area contributed by atoms with Crippen LogP contribution in [0.15, 0.2) is 36.4 Å². The first-order chi connectivity index (χ1) is 14.4. The number of benzene rings is 2. The third-order valence-corrected chi connectivity index (χ3v) is 5.35. The van der Waals surface area contributed by atoms with Crippen LogP contribution in [0, 0.1) is 6.92 Å². The number of amides is 1. The second kappa shape index (κ2) is 9.63. The number of methoxy groups -OCH3 is 3. The second-order valence-electron chi connectivity index (χ2n) is 7.34. The molecule has 0 saturated carbocycles. The zero-order chi connectivity index (χ0) is 21.7. The molecule has 0 bridgehead atoms. The Morgan fingerprint density at radius 3 is 2.50 bits per heavy atom. The lowest BCUT2D eigenvalue weighted by Crippen LogP contribution is -2.41. The first-order valence-electron chi connectivity index (χ1n) is 9.87. The number of esters is 1. The van der Waals surface area contributed by atoms with Crippen LogP contribution in [0.25, 0.3) is 0 Å². The van der Waals surface area contributed by atoms with E-state index in [-0.39, 0.29) is 30.9 Å². The van der Waals surface area contributed by atoms with Gasteiger partial charge < -0.3 is 19.5 Å². The number of carbonyl (C=O) groups is 2. The van der Waals surface area contributed by atoms with Gasteiger partial charge in [-0.1, -0.05) is 12.1 Å². The molecule has 1 N–H and O–H groups in total. The highest BCUT2D eigenvalue weighted by Crippen LogP contribution is 2.39. The fourth-order valence-electron chi connectivity index (χ4n) is 3.86. The second-order valence-corrected chi connectivity index (χ2v) is 7.34. The summed E-state index contributed by atoms with van der Waals surface area (Å²) in [6.07, 6.45) is 0.891. The van der Waals surface area contributed by atoms with E-state index >= 15 is 0 Å². The van der Waals surface area contributed by atoms with Crippen LogP contribution in [0.4, 0.5) is 5.69 Å². The monoisotopic (exact) mass is 412 g/mol. The van der Waals surface area contributed by atoms with Crippen molar-refractivity contribution in [1.82, 2.24) is 4.90 Å². The molecule has 0 spiro atoms. The predicted molar refractivity (Wildman–Crippen MR) is 114 cm³/mol. The maximum Gasteiger partial charge on any atom is 0.307 e. The molecule has 0 aliphatic carbocycles. The lowest BCUT2D eigenvalue weighted by molar-refractivity contribution is -0.142. The number of hydrogen-bond acceptors (Lipinski definition) is 6. The molecule has 0 radical (unpaired) electrons. The van der Waals surface area contributed by atoms with Gasteiger partial charge in [-0.05, 0) is 54.3 Å². The Labute approximate surface area is 176 Å². The molecule has 0 saturated heterocycles. The summed E-state index contributed by atoms with van der Waals surface area (Å²) in [7, 11) is 4.55. The molecule has 7 heteroatoms. The van der Waals surface area contributed by atoms with E-state index in [9.17, 15) is 9.59 Å². The molecule has 1 aliphatic heterocycles. The van der Waals surface area contributed by atoms with Crippen LogP contribution in [0.2, 0.25) is 0 Å². The summed E-state index contributed by atoms with van der Waals surface area (Å²) < 4.78 is 15.8. The Hall–Kier alpha value is -3.06. The van der Waals surface area contributed by atoms with Crippen molar-refractivity contribution in [3.8, 4) is 11.5 Å². The van der Waals surface area contributed by atoms with Gasteiger partial charge in [0.25, 0.3) is 0 Å². The minimum atomic E-state index is -0.327. The van der Waals surface area contributed by atoms with Crippen LogP contribution in [0.5, 0.6) is 11.5 Å². The number of hydrogen-bond donors (Lipinski definition) is 1. The maximum atomic E-state index is 12.7. The summed E-state index contributed by atoms with van der Waals surface area (Å²) in [5, 5.41) is 2.94. The van der Waals surface area contributed by atoms with E-state index in [1.54, 1.807) is 14.2 Å². The SMILES string of the molecule is COC(=O)C[C@H]1c2cc(OC)c(OC)cc2CCN1CC(=O)Nc1cccc(C)c1. The van der Waals surface area contributed by atoms with Crippen molar-refractivity contribution in [2.45, 2.75) is 25.8 Å². The Balaban J connectivity index is 1.85. The summed E-state index contributed by atoms with van der Waals surface area (Å²) in [6, 6.07) is 11.2. The van der Waals surface area contributed by atoms with Crippen molar-refractivity contribution >= 4 is 17.6 Å².